The van der Waals surface area contributed by atoms with Gasteiger partial charge in [-0.25, -0.2) is 9.31 Å². The molecule has 1 aromatic carbocycles. The Hall–Kier alpha value is -3.41. The van der Waals surface area contributed by atoms with Gasteiger partial charge in [-0.3, -0.25) is 9.59 Å². The molecule has 1 fully saturated rings. The number of piperidine rings is 1. The second-order valence-corrected chi connectivity index (χ2v) is 8.12. The molecule has 1 atom stereocenters. The first-order chi connectivity index (χ1) is 15.5. The van der Waals surface area contributed by atoms with Gasteiger partial charge in [-0.2, -0.15) is 18.3 Å². The van der Waals surface area contributed by atoms with Gasteiger partial charge >= 0.3 is 12.1 Å². The van der Waals surface area contributed by atoms with E-state index in [1.165, 1.54) is 0 Å². The molecule has 0 spiro atoms. The number of benzene rings is 1. The molecule has 2 N–H and O–H groups in total. The molecule has 0 radical (unpaired) electrons. The summed E-state index contributed by atoms with van der Waals surface area (Å²) in [5.41, 5.74) is 1.45. The number of hydrogen-bond acceptors (Lipinski definition) is 5. The van der Waals surface area contributed by atoms with Crippen LogP contribution in [0, 0.1) is 5.92 Å². The first-order valence-corrected chi connectivity index (χ1v) is 10.2. The highest BCUT2D eigenvalue weighted by Crippen LogP contribution is 2.20. The summed E-state index contributed by atoms with van der Waals surface area (Å²) in [6.45, 7) is 2.49. The van der Waals surface area contributed by atoms with Crippen molar-refractivity contribution in [3.05, 3.63) is 46.4 Å². The number of para-hydroxylation sites is 1. The number of carboxylic acid groups (broad SMARTS) is 1. The number of aliphatic carboxylic acids is 1. The van der Waals surface area contributed by atoms with E-state index in [1.807, 2.05) is 23.1 Å². The Labute approximate surface area is 186 Å². The van der Waals surface area contributed by atoms with Gasteiger partial charge in [0, 0.05) is 25.7 Å². The van der Waals surface area contributed by atoms with Crippen LogP contribution in [0.3, 0.4) is 0 Å². The fourth-order valence-electron chi connectivity index (χ4n) is 3.87. The molecule has 0 aliphatic carbocycles. The molecule has 178 valence electrons. The summed E-state index contributed by atoms with van der Waals surface area (Å²) < 4.78 is 33.4. The van der Waals surface area contributed by atoms with Crippen LogP contribution < -0.4 is 5.56 Å². The number of carbonyl (C=O) groups is 2. The largest absolute Gasteiger partial charge is 0.490 e. The highest BCUT2D eigenvalue weighted by atomic mass is 19.4. The van der Waals surface area contributed by atoms with Crippen LogP contribution in [0.2, 0.25) is 0 Å². The van der Waals surface area contributed by atoms with Gasteiger partial charge in [0.05, 0.1) is 10.9 Å². The molecule has 4 rings (SSSR count). The lowest BCUT2D eigenvalue weighted by Crippen LogP contribution is -2.42. The number of aromatic amines is 1. The van der Waals surface area contributed by atoms with Gasteiger partial charge in [0.2, 0.25) is 0 Å². The number of halogens is 3. The smallest absolute Gasteiger partial charge is 0.475 e. The Bertz CT molecular complexity index is 1220. The second-order valence-electron chi connectivity index (χ2n) is 8.12. The number of carboxylic acids is 1. The van der Waals surface area contributed by atoms with Crippen LogP contribution in [-0.4, -0.2) is 81.3 Å². The lowest BCUT2D eigenvalue weighted by molar-refractivity contribution is -0.192. The minimum atomic E-state index is -5.08. The van der Waals surface area contributed by atoms with Gasteiger partial charge in [-0.15, -0.1) is 0 Å². The van der Waals surface area contributed by atoms with Crippen LogP contribution in [0.1, 0.15) is 23.3 Å². The van der Waals surface area contributed by atoms with E-state index in [0.717, 1.165) is 32.5 Å². The summed E-state index contributed by atoms with van der Waals surface area (Å²) in [6, 6.07) is 8.95. The van der Waals surface area contributed by atoms with Crippen molar-refractivity contribution < 1.29 is 27.9 Å². The van der Waals surface area contributed by atoms with Crippen molar-refractivity contribution in [3.8, 4) is 0 Å². The Morgan fingerprint density at radius 1 is 1.27 bits per heavy atom. The maximum atomic E-state index is 13.0. The predicted octanol–water partition coefficient (Wildman–Crippen LogP) is 2.22. The number of fused-ring (bicyclic) bond motifs is 3. The van der Waals surface area contributed by atoms with Crippen molar-refractivity contribution in [2.45, 2.75) is 19.0 Å². The summed E-state index contributed by atoms with van der Waals surface area (Å²) >= 11 is 0. The molecule has 1 aliphatic heterocycles. The number of likely N-dealkylation sites (tertiary alicyclic amines) is 1. The van der Waals surface area contributed by atoms with Crippen LogP contribution in [0.5, 0.6) is 0 Å². The summed E-state index contributed by atoms with van der Waals surface area (Å²) in [7, 11) is 4.12. The van der Waals surface area contributed by atoms with E-state index >= 15 is 0 Å². The number of amides is 1. The van der Waals surface area contributed by atoms with E-state index < -0.39 is 12.1 Å². The minimum Gasteiger partial charge on any atom is -0.475 e. The topological polar surface area (TPSA) is 111 Å². The third-order valence-electron chi connectivity index (χ3n) is 5.22. The Kier molecular flexibility index (Phi) is 7.06. The van der Waals surface area contributed by atoms with E-state index in [1.54, 1.807) is 16.6 Å². The minimum absolute atomic E-state index is 0.0675. The Morgan fingerprint density at radius 2 is 1.94 bits per heavy atom. The quantitative estimate of drug-likeness (QED) is 0.611. The van der Waals surface area contributed by atoms with Crippen molar-refractivity contribution in [1.82, 2.24) is 24.4 Å². The molecule has 33 heavy (non-hydrogen) atoms. The van der Waals surface area contributed by atoms with E-state index in [4.69, 9.17) is 9.90 Å². The number of rotatable bonds is 3. The third kappa shape index (κ3) is 5.69. The van der Waals surface area contributed by atoms with E-state index in [9.17, 15) is 22.8 Å². The number of nitrogens with one attached hydrogen (secondary N) is 1. The molecule has 1 unspecified atom stereocenters. The maximum absolute atomic E-state index is 13.0. The molecule has 3 aromatic rings. The molecule has 1 saturated heterocycles. The predicted molar refractivity (Wildman–Crippen MR) is 114 cm³/mol. The molecule has 0 bridgehead atoms. The van der Waals surface area contributed by atoms with Crippen LogP contribution in [0.4, 0.5) is 13.2 Å². The maximum Gasteiger partial charge on any atom is 0.490 e. The molecule has 3 heterocycles. The van der Waals surface area contributed by atoms with Crippen molar-refractivity contribution >= 4 is 28.4 Å². The average Bonchev–Trinajstić information content (AvgIpc) is 3.17. The van der Waals surface area contributed by atoms with Crippen molar-refractivity contribution in [1.29, 1.82) is 0 Å². The fourth-order valence-corrected chi connectivity index (χ4v) is 3.87. The van der Waals surface area contributed by atoms with Crippen molar-refractivity contribution in [2.75, 3.05) is 33.7 Å². The number of H-pyrrole nitrogens is 1. The number of aromatic nitrogens is 3. The van der Waals surface area contributed by atoms with E-state index in [0.29, 0.717) is 28.2 Å². The molecule has 9 nitrogen and oxygen atoms in total. The molecule has 2 aromatic heterocycles. The number of alkyl halides is 3. The number of carbonyl (C=O) groups excluding carboxylic acids is 1. The van der Waals surface area contributed by atoms with Crippen molar-refractivity contribution in [3.63, 3.8) is 0 Å². The molecule has 1 aliphatic rings. The van der Waals surface area contributed by atoms with Gasteiger partial charge in [0.15, 0.2) is 5.69 Å². The lowest BCUT2D eigenvalue weighted by Gasteiger charge is -2.33. The number of nitrogens with zero attached hydrogens (tertiary/aromatic N) is 4. The van der Waals surface area contributed by atoms with E-state index in [-0.39, 0.29) is 11.5 Å². The van der Waals surface area contributed by atoms with Gasteiger partial charge in [0.25, 0.3) is 11.5 Å². The molecular formula is C21H24F3N5O4. The third-order valence-corrected chi connectivity index (χ3v) is 5.22. The zero-order valence-corrected chi connectivity index (χ0v) is 18.1. The normalized spacial score (nSPS) is 16.7. The lowest BCUT2D eigenvalue weighted by atomic mass is 9.97. The summed E-state index contributed by atoms with van der Waals surface area (Å²) in [6.07, 6.45) is -2.93. The Balaban J connectivity index is 0.000000383. The zero-order chi connectivity index (χ0) is 24.3. The van der Waals surface area contributed by atoms with Crippen LogP contribution in [-0.2, 0) is 4.79 Å². The second kappa shape index (κ2) is 9.61. The fraction of sp³-hybridized carbons (Fsp3) is 0.429. The first kappa shape index (κ1) is 24.2. The van der Waals surface area contributed by atoms with Gasteiger partial charge in [-0.1, -0.05) is 12.1 Å². The Morgan fingerprint density at radius 3 is 2.58 bits per heavy atom. The molecule has 1 amide bonds. The van der Waals surface area contributed by atoms with Crippen LogP contribution >= 0.6 is 0 Å². The average molecular weight is 467 g/mol. The SMILES string of the molecule is CN(C)CC1CCCN(C(=O)c2cc3[nH]c(=O)c4ccccc4n3n2)C1.O=C(O)C(F)(F)F. The van der Waals surface area contributed by atoms with E-state index in [2.05, 4.69) is 29.1 Å². The molecular weight excluding hydrogens is 443 g/mol. The van der Waals surface area contributed by atoms with Crippen LogP contribution in [0.15, 0.2) is 35.1 Å². The van der Waals surface area contributed by atoms with Crippen LogP contribution in [0.25, 0.3) is 16.6 Å². The molecule has 12 heteroatoms. The van der Waals surface area contributed by atoms with Crippen molar-refractivity contribution in [2.24, 2.45) is 5.92 Å². The molecule has 0 saturated carbocycles. The van der Waals surface area contributed by atoms with Gasteiger partial charge in [0.1, 0.15) is 5.65 Å². The first-order valence-electron chi connectivity index (χ1n) is 10.2. The van der Waals surface area contributed by atoms with Gasteiger partial charge < -0.3 is 19.9 Å². The standard InChI is InChI=1S/C19H23N5O2.C2HF3O2/c1-22(2)11-13-6-5-9-23(12-13)19(26)15-10-17-20-18(25)14-7-3-4-8-16(14)24(17)21-15;3-2(4,5)1(6)7/h3-4,7-8,10,13H,5-6,9,11-12H2,1-2H3,(H,20,25);(H,6,7). The summed E-state index contributed by atoms with van der Waals surface area (Å²) in [4.78, 5) is 41.0. The summed E-state index contributed by atoms with van der Waals surface area (Å²) in [5.74, 6) is -2.34. The number of hydrogen-bond donors (Lipinski definition) is 2. The monoisotopic (exact) mass is 467 g/mol. The summed E-state index contributed by atoms with van der Waals surface area (Å²) in [5, 5.41) is 12.2. The zero-order valence-electron chi connectivity index (χ0n) is 18.1. The highest BCUT2D eigenvalue weighted by molar-refractivity contribution is 5.94. The highest BCUT2D eigenvalue weighted by Gasteiger charge is 2.38. The van der Waals surface area contributed by atoms with Gasteiger partial charge in [-0.05, 0) is 45.0 Å².